The molecule has 0 unspecified atom stereocenters. The largest absolute Gasteiger partial charge is 0.342 e. The highest BCUT2D eigenvalue weighted by Gasteiger charge is 2.81. The Morgan fingerprint density at radius 1 is 1.25 bits per heavy atom. The molecule has 1 spiro atoms. The summed E-state index contributed by atoms with van der Waals surface area (Å²) in [7, 11) is 0. The molecule has 1 aliphatic heterocycles. The lowest BCUT2D eigenvalue weighted by Crippen LogP contribution is -2.60. The van der Waals surface area contributed by atoms with Crippen LogP contribution in [0.2, 0.25) is 0 Å². The molecule has 4 rings (SSSR count). The van der Waals surface area contributed by atoms with Gasteiger partial charge in [-0.15, -0.1) is 0 Å². The Hall–Kier alpha value is -2.41. The maximum absolute atomic E-state index is 13.5. The van der Waals surface area contributed by atoms with Gasteiger partial charge in [0, 0.05) is 23.9 Å². The minimum absolute atomic E-state index is 0.0415. The number of carbonyl (C=O) groups excluding carboxylic acids is 2. The van der Waals surface area contributed by atoms with Crippen molar-refractivity contribution in [3.05, 3.63) is 59.1 Å². The number of ketones is 1. The second-order valence-corrected chi connectivity index (χ2v) is 7.37. The second kappa shape index (κ2) is 4.57. The number of nitrogens with zero attached hydrogens (tertiary/aromatic N) is 2. The highest BCUT2D eigenvalue weighted by atomic mass is 16.2. The Bertz CT molecular complexity index is 822. The van der Waals surface area contributed by atoms with Gasteiger partial charge in [0.25, 0.3) is 0 Å². The van der Waals surface area contributed by atoms with Gasteiger partial charge in [0.05, 0.1) is 12.0 Å². The van der Waals surface area contributed by atoms with Crippen LogP contribution < -0.4 is 0 Å². The third-order valence-electron chi connectivity index (χ3n) is 6.59. The average Bonchev–Trinajstić information content (AvgIpc) is 3.24. The van der Waals surface area contributed by atoms with E-state index in [9.17, 15) is 9.59 Å². The minimum atomic E-state index is -0.884. The number of rotatable bonds is 2. The van der Waals surface area contributed by atoms with Crippen LogP contribution in [0.15, 0.2) is 42.1 Å². The number of likely N-dealkylation sites (tertiary alicyclic amines) is 1. The molecule has 2 fully saturated rings. The van der Waals surface area contributed by atoms with E-state index in [-0.39, 0.29) is 22.8 Å². The minimum Gasteiger partial charge on any atom is -0.342 e. The highest BCUT2D eigenvalue weighted by molar-refractivity contribution is 6.10. The summed E-state index contributed by atoms with van der Waals surface area (Å²) in [6.07, 6.45) is 3.19. The number of hydrogen-bond acceptors (Lipinski definition) is 2. The first-order valence-electron chi connectivity index (χ1n) is 8.47. The average molecular weight is 320 g/mol. The van der Waals surface area contributed by atoms with Crippen LogP contribution in [0.3, 0.4) is 0 Å². The zero-order valence-electron chi connectivity index (χ0n) is 14.0. The first-order chi connectivity index (χ1) is 11.5. The van der Waals surface area contributed by atoms with E-state index in [0.717, 1.165) is 12.0 Å². The van der Waals surface area contributed by atoms with Gasteiger partial charge in [0.15, 0.2) is 5.78 Å². The lowest BCUT2D eigenvalue weighted by molar-refractivity contribution is -0.145. The summed E-state index contributed by atoms with van der Waals surface area (Å²) in [4.78, 5) is 31.7. The Kier molecular flexibility index (Phi) is 2.88. The predicted molar refractivity (Wildman–Crippen MR) is 89.8 cm³/mol. The first-order valence-corrected chi connectivity index (χ1v) is 8.47. The Labute approximate surface area is 142 Å². The maximum Gasteiger partial charge on any atom is 0.236 e. The van der Waals surface area contributed by atoms with Crippen LogP contribution >= 0.6 is 0 Å². The van der Waals surface area contributed by atoms with E-state index in [4.69, 9.17) is 6.57 Å². The van der Waals surface area contributed by atoms with Gasteiger partial charge in [-0.3, -0.25) is 4.79 Å². The zero-order chi connectivity index (χ0) is 17.2. The van der Waals surface area contributed by atoms with Crippen LogP contribution in [0.4, 0.5) is 0 Å². The third-order valence-corrected chi connectivity index (χ3v) is 6.59. The van der Waals surface area contributed by atoms with Crippen LogP contribution in [-0.2, 0) is 15.0 Å². The number of carbonyl (C=O) groups is 2. The van der Waals surface area contributed by atoms with E-state index >= 15 is 0 Å². The predicted octanol–water partition coefficient (Wildman–Crippen LogP) is 2.96. The fourth-order valence-corrected chi connectivity index (χ4v) is 5.20. The van der Waals surface area contributed by atoms with Gasteiger partial charge in [0.2, 0.25) is 11.6 Å². The molecule has 0 bridgehead atoms. The van der Waals surface area contributed by atoms with Gasteiger partial charge in [-0.2, -0.15) is 0 Å². The van der Waals surface area contributed by atoms with E-state index < -0.39 is 10.8 Å². The number of benzene rings is 1. The molecule has 3 aliphatic rings. The van der Waals surface area contributed by atoms with Gasteiger partial charge < -0.3 is 9.69 Å². The van der Waals surface area contributed by atoms with E-state index in [2.05, 4.69) is 4.85 Å². The fraction of sp³-hybridized carbons (Fsp3) is 0.450. The van der Waals surface area contributed by atoms with Crippen molar-refractivity contribution in [1.82, 2.24) is 4.90 Å². The third kappa shape index (κ3) is 1.44. The molecule has 1 aromatic rings. The molecule has 0 N–H and O–H groups in total. The number of hydrogen-bond donors (Lipinski definition) is 0. The van der Waals surface area contributed by atoms with E-state index in [0.29, 0.717) is 19.5 Å². The van der Waals surface area contributed by atoms with Crippen molar-refractivity contribution in [1.29, 1.82) is 0 Å². The summed E-state index contributed by atoms with van der Waals surface area (Å²) < 4.78 is 0. The summed E-state index contributed by atoms with van der Waals surface area (Å²) in [6.45, 7) is 12.7. The van der Waals surface area contributed by atoms with Crippen LogP contribution in [0.1, 0.15) is 32.3 Å². The first kappa shape index (κ1) is 15.1. The van der Waals surface area contributed by atoms with Gasteiger partial charge in [-0.25, -0.2) is 4.85 Å². The molecule has 1 saturated heterocycles. The molecule has 1 aromatic carbocycles. The summed E-state index contributed by atoms with van der Waals surface area (Å²) in [5.74, 6) is -0.0402. The maximum atomic E-state index is 13.5. The van der Waals surface area contributed by atoms with Crippen molar-refractivity contribution in [3.8, 4) is 0 Å². The van der Waals surface area contributed by atoms with Gasteiger partial charge in [-0.05, 0) is 25.3 Å². The Balaban J connectivity index is 2.05. The zero-order valence-corrected chi connectivity index (χ0v) is 14.0. The molecule has 0 aromatic heterocycles. The van der Waals surface area contributed by atoms with Crippen LogP contribution in [-0.4, -0.2) is 29.7 Å². The van der Waals surface area contributed by atoms with Gasteiger partial charge >= 0.3 is 0 Å². The van der Waals surface area contributed by atoms with E-state index in [1.807, 2.05) is 49.1 Å². The molecule has 2 aliphatic carbocycles. The van der Waals surface area contributed by atoms with Crippen molar-refractivity contribution >= 4 is 11.7 Å². The van der Waals surface area contributed by atoms with Crippen molar-refractivity contribution in [2.24, 2.45) is 10.8 Å². The molecule has 4 heteroatoms. The topological polar surface area (TPSA) is 41.7 Å². The quantitative estimate of drug-likeness (QED) is 0.786. The number of piperidine rings is 1. The van der Waals surface area contributed by atoms with E-state index in [1.54, 1.807) is 6.08 Å². The molecule has 1 saturated carbocycles. The van der Waals surface area contributed by atoms with Crippen LogP contribution in [0.25, 0.3) is 4.85 Å². The number of Topliss-reactive ketones (excluding diaryl/α,β-unsaturated/α-hetero) is 1. The molecule has 1 heterocycles. The molecule has 1 amide bonds. The van der Waals surface area contributed by atoms with Crippen LogP contribution in [0.5, 0.6) is 0 Å². The SMILES string of the molecule is [C-]#[N+]C1=C[C@]2(c3ccccc3)C(=O)N(CC)CC[C@@]23C[C@@]3(C)C1=O. The number of likely N-dealkylation sites (N-methyl/N-ethyl adjacent to an activating group) is 1. The molecule has 24 heavy (non-hydrogen) atoms. The van der Waals surface area contributed by atoms with Crippen molar-refractivity contribution in [2.75, 3.05) is 13.1 Å². The second-order valence-electron chi connectivity index (χ2n) is 7.37. The molecule has 3 atom stereocenters. The van der Waals surface area contributed by atoms with Crippen LogP contribution in [0, 0.1) is 17.4 Å². The Morgan fingerprint density at radius 2 is 1.96 bits per heavy atom. The normalized spacial score (nSPS) is 37.2. The molecule has 4 nitrogen and oxygen atoms in total. The summed E-state index contributed by atoms with van der Waals surface area (Å²) in [5.41, 5.74) is -0.820. The van der Waals surface area contributed by atoms with Crippen molar-refractivity contribution in [3.63, 3.8) is 0 Å². The summed E-state index contributed by atoms with van der Waals surface area (Å²) >= 11 is 0. The summed E-state index contributed by atoms with van der Waals surface area (Å²) in [5, 5.41) is 0. The molecular weight excluding hydrogens is 300 g/mol. The van der Waals surface area contributed by atoms with E-state index in [1.165, 1.54) is 0 Å². The fourth-order valence-electron chi connectivity index (χ4n) is 5.20. The molecular formula is C20H20N2O2. The monoisotopic (exact) mass is 320 g/mol. The lowest BCUT2D eigenvalue weighted by Gasteiger charge is -2.50. The molecule has 0 radical (unpaired) electrons. The highest BCUT2D eigenvalue weighted by Crippen LogP contribution is 2.78. The standard InChI is InChI=1S/C20H20N2O2/c1-4-22-11-10-19-13-18(19,2)16(23)15(21-3)12-20(19,17(22)24)14-8-6-5-7-9-14/h5-9,12H,4,10-11,13H2,1-2H3/t18-,19-,20-/m0/s1. The van der Waals surface area contributed by atoms with Crippen molar-refractivity contribution in [2.45, 2.75) is 32.1 Å². The molecule has 122 valence electrons. The van der Waals surface area contributed by atoms with Crippen molar-refractivity contribution < 1.29 is 9.59 Å². The van der Waals surface area contributed by atoms with Gasteiger partial charge in [-0.1, -0.05) is 43.3 Å². The van der Waals surface area contributed by atoms with Gasteiger partial charge in [0.1, 0.15) is 0 Å². The lowest BCUT2D eigenvalue weighted by atomic mass is 9.57. The number of allylic oxidation sites excluding steroid dienone is 1. The number of amides is 1. The Morgan fingerprint density at radius 3 is 2.58 bits per heavy atom. The smallest absolute Gasteiger partial charge is 0.236 e. The summed E-state index contributed by atoms with van der Waals surface area (Å²) in [6, 6.07) is 9.71.